The smallest absolute Gasteiger partial charge is 0.259 e. The van der Waals surface area contributed by atoms with Crippen LogP contribution >= 0.6 is 0 Å². The fourth-order valence-corrected chi connectivity index (χ4v) is 5.16. The largest absolute Gasteiger partial charge is 0.348 e. The summed E-state index contributed by atoms with van der Waals surface area (Å²) in [4.78, 5) is 29.8. The molecule has 2 aliphatic rings. The Kier molecular flexibility index (Phi) is 6.20. The Balaban J connectivity index is 1.14. The maximum absolute atomic E-state index is 13.0. The Hall–Kier alpha value is -4.01. The Bertz CT molecular complexity index is 1470. The molecule has 1 fully saturated rings. The van der Waals surface area contributed by atoms with Gasteiger partial charge in [0.15, 0.2) is 0 Å². The molecule has 0 atom stereocenters. The summed E-state index contributed by atoms with van der Waals surface area (Å²) in [7, 11) is 0. The molecule has 0 radical (unpaired) electrons. The van der Waals surface area contributed by atoms with Crippen LogP contribution < -0.4 is 10.6 Å². The van der Waals surface area contributed by atoms with Gasteiger partial charge in [-0.05, 0) is 47.5 Å². The van der Waals surface area contributed by atoms with E-state index in [1.54, 1.807) is 22.8 Å². The minimum atomic E-state index is -0.232. The van der Waals surface area contributed by atoms with Gasteiger partial charge in [-0.15, -0.1) is 0 Å². The number of rotatable bonds is 6. The van der Waals surface area contributed by atoms with Crippen LogP contribution in [-0.2, 0) is 13.1 Å². The number of likely N-dealkylation sites (N-methyl/N-ethyl adjacent to an activating group) is 1. The first-order valence-electron chi connectivity index (χ1n) is 12.8. The fraction of sp³-hybridized carbons (Fsp3) is 0.276. The first-order chi connectivity index (χ1) is 18.1. The third kappa shape index (κ3) is 4.73. The zero-order valence-corrected chi connectivity index (χ0v) is 20.9. The summed E-state index contributed by atoms with van der Waals surface area (Å²) in [5.74, 6) is -0.310. The second kappa shape index (κ2) is 9.80. The van der Waals surface area contributed by atoms with Gasteiger partial charge in [0.05, 0.1) is 17.3 Å². The number of benzene rings is 2. The van der Waals surface area contributed by atoms with Gasteiger partial charge >= 0.3 is 0 Å². The van der Waals surface area contributed by atoms with Crippen molar-refractivity contribution >= 4 is 23.0 Å². The van der Waals surface area contributed by atoms with Crippen LogP contribution in [0, 0.1) is 0 Å². The molecule has 0 spiro atoms. The molecule has 0 saturated carbocycles. The van der Waals surface area contributed by atoms with Crippen LogP contribution in [0.2, 0.25) is 0 Å². The minimum Gasteiger partial charge on any atom is -0.348 e. The number of hydrogen-bond donors (Lipinski definition) is 2. The van der Waals surface area contributed by atoms with Crippen molar-refractivity contribution in [1.82, 2.24) is 24.7 Å². The predicted octanol–water partition coefficient (Wildman–Crippen LogP) is 3.63. The summed E-state index contributed by atoms with van der Waals surface area (Å²) in [6, 6.07) is 18.0. The number of carbonyl (C=O) groups is 2. The number of nitrogens with zero attached hydrogens (tertiary/aromatic N) is 4. The molecular formula is C29H30N6O2. The highest BCUT2D eigenvalue weighted by Gasteiger charge is 2.20. The second-order valence-corrected chi connectivity index (χ2v) is 9.72. The summed E-state index contributed by atoms with van der Waals surface area (Å²) >= 11 is 0. The van der Waals surface area contributed by atoms with E-state index in [9.17, 15) is 9.59 Å². The van der Waals surface area contributed by atoms with Gasteiger partial charge in [-0.2, -0.15) is 5.10 Å². The number of pyridine rings is 1. The van der Waals surface area contributed by atoms with Gasteiger partial charge < -0.3 is 15.5 Å². The van der Waals surface area contributed by atoms with Crippen molar-refractivity contribution in [3.05, 3.63) is 89.2 Å². The SMILES string of the molecule is CCN1CCN(Cc2ccc(-c3ccc4c(C(=O)Nc5ccc6c(c5)CNC6=O)cnn4c3)cc2)CC1. The lowest BCUT2D eigenvalue weighted by molar-refractivity contribution is 0.0965. The van der Waals surface area contributed by atoms with Crippen molar-refractivity contribution in [2.75, 3.05) is 38.0 Å². The molecule has 37 heavy (non-hydrogen) atoms. The van der Waals surface area contributed by atoms with Crippen LogP contribution in [0.5, 0.6) is 0 Å². The van der Waals surface area contributed by atoms with Gasteiger partial charge in [-0.25, -0.2) is 4.52 Å². The number of carbonyl (C=O) groups excluding carboxylic acids is 2. The minimum absolute atomic E-state index is 0.0774. The molecule has 1 saturated heterocycles. The summed E-state index contributed by atoms with van der Waals surface area (Å²) in [6.07, 6.45) is 3.55. The zero-order valence-electron chi connectivity index (χ0n) is 20.9. The lowest BCUT2D eigenvalue weighted by atomic mass is 10.0. The standard InChI is InChI=1S/C29H30N6O2/c1-2-33-11-13-34(14-12-33)18-20-3-5-21(6-4-20)22-7-10-27-26(17-31-35(27)19-22)29(37)32-24-8-9-25-23(15-24)16-30-28(25)36/h3-10,15,17,19H,2,11-14,16,18H2,1H3,(H,30,36)(H,32,37). The number of nitrogens with one attached hydrogen (secondary N) is 2. The summed E-state index contributed by atoms with van der Waals surface area (Å²) < 4.78 is 1.75. The molecule has 4 heterocycles. The van der Waals surface area contributed by atoms with Crippen molar-refractivity contribution in [2.24, 2.45) is 0 Å². The first kappa shape index (κ1) is 23.4. The molecule has 2 amide bonds. The Morgan fingerprint density at radius 3 is 2.51 bits per heavy atom. The van der Waals surface area contributed by atoms with Crippen molar-refractivity contribution in [3.63, 3.8) is 0 Å². The van der Waals surface area contributed by atoms with Gasteiger partial charge in [0.2, 0.25) is 0 Å². The Morgan fingerprint density at radius 2 is 1.73 bits per heavy atom. The van der Waals surface area contributed by atoms with E-state index in [1.165, 1.54) is 5.56 Å². The van der Waals surface area contributed by atoms with E-state index < -0.39 is 0 Å². The van der Waals surface area contributed by atoms with E-state index in [4.69, 9.17) is 0 Å². The number of hydrogen-bond acceptors (Lipinski definition) is 5. The lowest BCUT2D eigenvalue weighted by Gasteiger charge is -2.34. The third-order valence-electron chi connectivity index (χ3n) is 7.41. The Labute approximate surface area is 215 Å². The van der Waals surface area contributed by atoms with Crippen LogP contribution in [0.15, 0.2) is 67.0 Å². The van der Waals surface area contributed by atoms with Crippen LogP contribution in [-0.4, -0.2) is 64.0 Å². The summed E-state index contributed by atoms with van der Waals surface area (Å²) in [5.41, 5.74) is 6.91. The highest BCUT2D eigenvalue weighted by Crippen LogP contribution is 2.24. The summed E-state index contributed by atoms with van der Waals surface area (Å²) in [5, 5.41) is 10.2. The average Bonchev–Trinajstić information content (AvgIpc) is 3.52. The highest BCUT2D eigenvalue weighted by atomic mass is 16.2. The fourth-order valence-electron chi connectivity index (χ4n) is 5.16. The second-order valence-electron chi connectivity index (χ2n) is 9.72. The molecule has 2 aromatic carbocycles. The van der Waals surface area contributed by atoms with Gasteiger partial charge in [0.1, 0.15) is 0 Å². The molecule has 4 aromatic rings. The molecule has 188 valence electrons. The van der Waals surface area contributed by atoms with Crippen molar-refractivity contribution in [2.45, 2.75) is 20.0 Å². The van der Waals surface area contributed by atoms with E-state index in [0.717, 1.165) is 61.5 Å². The highest BCUT2D eigenvalue weighted by molar-refractivity contribution is 6.09. The van der Waals surface area contributed by atoms with Crippen LogP contribution in [0.25, 0.3) is 16.6 Å². The molecule has 0 bridgehead atoms. The van der Waals surface area contributed by atoms with E-state index in [2.05, 4.69) is 56.7 Å². The first-order valence-corrected chi connectivity index (χ1v) is 12.8. The van der Waals surface area contributed by atoms with Crippen molar-refractivity contribution < 1.29 is 9.59 Å². The molecule has 2 N–H and O–H groups in total. The number of piperazine rings is 1. The average molecular weight is 495 g/mol. The Morgan fingerprint density at radius 1 is 0.973 bits per heavy atom. The topological polar surface area (TPSA) is 82.0 Å². The van der Waals surface area contributed by atoms with Gasteiger partial charge in [-0.3, -0.25) is 14.5 Å². The van der Waals surface area contributed by atoms with Gasteiger partial charge in [-0.1, -0.05) is 37.3 Å². The van der Waals surface area contributed by atoms with E-state index in [0.29, 0.717) is 23.4 Å². The number of amides is 2. The number of anilines is 1. The maximum Gasteiger partial charge on any atom is 0.259 e. The van der Waals surface area contributed by atoms with Crippen molar-refractivity contribution in [1.29, 1.82) is 0 Å². The van der Waals surface area contributed by atoms with E-state index >= 15 is 0 Å². The van der Waals surface area contributed by atoms with Crippen molar-refractivity contribution in [3.8, 4) is 11.1 Å². The molecule has 2 aromatic heterocycles. The third-order valence-corrected chi connectivity index (χ3v) is 7.41. The van der Waals surface area contributed by atoms with Gasteiger partial charge in [0, 0.05) is 62.3 Å². The molecule has 8 nitrogen and oxygen atoms in total. The van der Waals surface area contributed by atoms with Gasteiger partial charge in [0.25, 0.3) is 11.8 Å². The molecule has 6 rings (SSSR count). The van der Waals surface area contributed by atoms with Crippen LogP contribution in [0.1, 0.15) is 38.8 Å². The molecular weight excluding hydrogens is 464 g/mol. The summed E-state index contributed by atoms with van der Waals surface area (Å²) in [6.45, 7) is 9.33. The molecule has 2 aliphatic heterocycles. The normalized spacial score (nSPS) is 16.1. The monoisotopic (exact) mass is 494 g/mol. The molecule has 0 aliphatic carbocycles. The molecule has 8 heteroatoms. The number of fused-ring (bicyclic) bond motifs is 2. The molecule has 0 unspecified atom stereocenters. The van der Waals surface area contributed by atoms with E-state index in [1.807, 2.05) is 24.4 Å². The zero-order chi connectivity index (χ0) is 25.4. The lowest BCUT2D eigenvalue weighted by Crippen LogP contribution is -2.45. The maximum atomic E-state index is 13.0. The van der Waals surface area contributed by atoms with E-state index in [-0.39, 0.29) is 11.8 Å². The van der Waals surface area contributed by atoms with Crippen LogP contribution in [0.3, 0.4) is 0 Å². The predicted molar refractivity (Wildman–Crippen MR) is 144 cm³/mol. The number of aromatic nitrogens is 2. The van der Waals surface area contributed by atoms with Crippen LogP contribution in [0.4, 0.5) is 5.69 Å². The quantitative estimate of drug-likeness (QED) is 0.428.